The van der Waals surface area contributed by atoms with Crippen LogP contribution in [0.25, 0.3) is 0 Å². The van der Waals surface area contributed by atoms with Gasteiger partial charge < -0.3 is 10.6 Å². The molecule has 0 aliphatic rings. The van der Waals surface area contributed by atoms with E-state index in [0.717, 1.165) is 18.4 Å². The first-order chi connectivity index (χ1) is 8.97. The molecule has 0 bridgehead atoms. The van der Waals surface area contributed by atoms with Gasteiger partial charge in [0.05, 0.1) is 17.3 Å². The third kappa shape index (κ3) is 4.92. The van der Waals surface area contributed by atoms with Gasteiger partial charge in [0.1, 0.15) is 0 Å². The van der Waals surface area contributed by atoms with Crippen molar-refractivity contribution in [2.45, 2.75) is 39.7 Å². The Kier molecular flexibility index (Phi) is 6.46. The van der Waals surface area contributed by atoms with E-state index in [0.29, 0.717) is 15.7 Å². The van der Waals surface area contributed by atoms with Crippen molar-refractivity contribution >= 4 is 34.8 Å². The third-order valence-corrected chi connectivity index (χ3v) is 3.76. The van der Waals surface area contributed by atoms with E-state index in [1.54, 1.807) is 12.1 Å². The molecule has 0 unspecified atom stereocenters. The normalized spacial score (nSPS) is 10.6. The smallest absolute Gasteiger partial charge is 0.239 e. The van der Waals surface area contributed by atoms with Crippen molar-refractivity contribution in [3.8, 4) is 0 Å². The molecule has 2 N–H and O–H groups in total. The van der Waals surface area contributed by atoms with Gasteiger partial charge in [-0.2, -0.15) is 0 Å². The Labute approximate surface area is 124 Å². The molecule has 19 heavy (non-hydrogen) atoms. The number of benzene rings is 1. The molecule has 1 aromatic carbocycles. The van der Waals surface area contributed by atoms with Crippen LogP contribution in [-0.4, -0.2) is 18.5 Å². The van der Waals surface area contributed by atoms with Crippen LogP contribution in [-0.2, 0) is 4.79 Å². The minimum absolute atomic E-state index is 0.0403. The van der Waals surface area contributed by atoms with Gasteiger partial charge in [0.15, 0.2) is 0 Å². The van der Waals surface area contributed by atoms with Gasteiger partial charge in [-0.3, -0.25) is 4.79 Å². The van der Waals surface area contributed by atoms with Crippen molar-refractivity contribution in [2.75, 3.05) is 11.9 Å². The zero-order valence-electron chi connectivity index (χ0n) is 11.5. The number of hydrogen-bond donors (Lipinski definition) is 2. The summed E-state index contributed by atoms with van der Waals surface area (Å²) in [4.78, 5) is 11.8. The third-order valence-electron chi connectivity index (χ3n) is 3.04. The zero-order valence-corrected chi connectivity index (χ0v) is 13.0. The second-order valence-electron chi connectivity index (χ2n) is 4.52. The van der Waals surface area contributed by atoms with Crippen molar-refractivity contribution in [1.82, 2.24) is 5.32 Å². The highest BCUT2D eigenvalue weighted by atomic mass is 35.5. The molecule has 0 aliphatic carbocycles. The predicted molar refractivity (Wildman–Crippen MR) is 82.2 cm³/mol. The lowest BCUT2D eigenvalue weighted by atomic mass is 10.2. The quantitative estimate of drug-likeness (QED) is 0.833. The molecule has 0 heterocycles. The summed E-state index contributed by atoms with van der Waals surface area (Å²) < 4.78 is 0. The van der Waals surface area contributed by atoms with Crippen LogP contribution in [0.2, 0.25) is 10.0 Å². The number of hydrogen-bond acceptors (Lipinski definition) is 2. The van der Waals surface area contributed by atoms with Gasteiger partial charge in [-0.15, -0.1) is 0 Å². The SMILES string of the molecule is CCC(CC)NC(=O)CNc1cc(Cl)c(C)cc1Cl. The number of halogens is 2. The summed E-state index contributed by atoms with van der Waals surface area (Å²) in [5, 5.41) is 7.16. The van der Waals surface area contributed by atoms with E-state index in [4.69, 9.17) is 23.2 Å². The van der Waals surface area contributed by atoms with Crippen molar-refractivity contribution < 1.29 is 4.79 Å². The minimum atomic E-state index is -0.0403. The number of anilines is 1. The van der Waals surface area contributed by atoms with Crippen molar-refractivity contribution in [3.05, 3.63) is 27.7 Å². The molecule has 0 spiro atoms. The van der Waals surface area contributed by atoms with Crippen LogP contribution in [0, 0.1) is 6.92 Å². The lowest BCUT2D eigenvalue weighted by Gasteiger charge is -2.16. The first-order valence-corrected chi connectivity index (χ1v) is 7.22. The Hall–Kier alpha value is -0.930. The molecule has 1 aromatic rings. The summed E-state index contributed by atoms with van der Waals surface area (Å²) in [6.45, 7) is 6.18. The number of amides is 1. The molecule has 5 heteroatoms. The van der Waals surface area contributed by atoms with Gasteiger partial charge in [0, 0.05) is 11.1 Å². The highest BCUT2D eigenvalue weighted by Gasteiger charge is 2.09. The molecule has 0 saturated carbocycles. The molecule has 106 valence electrons. The molecule has 1 amide bonds. The number of carbonyl (C=O) groups excluding carboxylic acids is 1. The van der Waals surface area contributed by atoms with E-state index in [1.165, 1.54) is 0 Å². The van der Waals surface area contributed by atoms with Gasteiger partial charge in [-0.25, -0.2) is 0 Å². The minimum Gasteiger partial charge on any atom is -0.375 e. The molecule has 0 fully saturated rings. The maximum absolute atomic E-state index is 11.8. The molecule has 3 nitrogen and oxygen atoms in total. The van der Waals surface area contributed by atoms with Crippen molar-refractivity contribution in [2.24, 2.45) is 0 Å². The summed E-state index contributed by atoms with van der Waals surface area (Å²) in [5.74, 6) is -0.0403. The molecule has 0 aliphatic heterocycles. The van der Waals surface area contributed by atoms with E-state index in [-0.39, 0.29) is 18.5 Å². The lowest BCUT2D eigenvalue weighted by Crippen LogP contribution is -2.37. The van der Waals surface area contributed by atoms with Crippen LogP contribution in [0.15, 0.2) is 12.1 Å². The van der Waals surface area contributed by atoms with Gasteiger partial charge in [0.2, 0.25) is 5.91 Å². The monoisotopic (exact) mass is 302 g/mol. The van der Waals surface area contributed by atoms with E-state index in [2.05, 4.69) is 24.5 Å². The van der Waals surface area contributed by atoms with Gasteiger partial charge in [0.25, 0.3) is 0 Å². The summed E-state index contributed by atoms with van der Waals surface area (Å²) in [6.07, 6.45) is 1.86. The largest absolute Gasteiger partial charge is 0.375 e. The van der Waals surface area contributed by atoms with Crippen LogP contribution < -0.4 is 10.6 Å². The molecular formula is C14H20Cl2N2O. The average Bonchev–Trinajstić information content (AvgIpc) is 2.38. The number of carbonyl (C=O) groups is 1. The standard InChI is InChI=1S/C14H20Cl2N2O/c1-4-10(5-2)18-14(19)8-17-13-7-11(15)9(3)6-12(13)16/h6-7,10,17H,4-5,8H2,1-3H3,(H,18,19). The van der Waals surface area contributed by atoms with Crippen molar-refractivity contribution in [3.63, 3.8) is 0 Å². The Bertz CT molecular complexity index is 445. The van der Waals surface area contributed by atoms with E-state index >= 15 is 0 Å². The number of nitrogens with one attached hydrogen (secondary N) is 2. The van der Waals surface area contributed by atoms with Crippen LogP contribution in [0.1, 0.15) is 32.3 Å². The fourth-order valence-corrected chi connectivity index (χ4v) is 2.18. The average molecular weight is 303 g/mol. The van der Waals surface area contributed by atoms with Crippen molar-refractivity contribution in [1.29, 1.82) is 0 Å². The fraction of sp³-hybridized carbons (Fsp3) is 0.500. The summed E-state index contributed by atoms with van der Waals surface area (Å²) in [5.41, 5.74) is 1.59. The fourth-order valence-electron chi connectivity index (χ4n) is 1.73. The van der Waals surface area contributed by atoms with E-state index in [9.17, 15) is 4.79 Å². The topological polar surface area (TPSA) is 41.1 Å². The molecule has 1 rings (SSSR count). The Balaban J connectivity index is 2.57. The zero-order chi connectivity index (χ0) is 14.4. The Morgan fingerprint density at radius 1 is 1.21 bits per heavy atom. The van der Waals surface area contributed by atoms with Crippen LogP contribution in [0.5, 0.6) is 0 Å². The number of rotatable bonds is 6. The highest BCUT2D eigenvalue weighted by molar-refractivity contribution is 6.35. The van der Waals surface area contributed by atoms with Crippen LogP contribution in [0.4, 0.5) is 5.69 Å². The molecule has 0 saturated heterocycles. The predicted octanol–water partition coefficient (Wildman–Crippen LogP) is 4.02. The van der Waals surface area contributed by atoms with E-state index < -0.39 is 0 Å². The van der Waals surface area contributed by atoms with Crippen LogP contribution >= 0.6 is 23.2 Å². The Morgan fingerprint density at radius 3 is 2.42 bits per heavy atom. The summed E-state index contributed by atoms with van der Waals surface area (Å²) >= 11 is 12.1. The van der Waals surface area contributed by atoms with Gasteiger partial charge in [-0.05, 0) is 37.5 Å². The maximum atomic E-state index is 11.8. The van der Waals surface area contributed by atoms with Gasteiger partial charge >= 0.3 is 0 Å². The summed E-state index contributed by atoms with van der Waals surface area (Å²) in [7, 11) is 0. The lowest BCUT2D eigenvalue weighted by molar-refractivity contribution is -0.120. The molecule has 0 aromatic heterocycles. The number of aryl methyl sites for hydroxylation is 1. The first-order valence-electron chi connectivity index (χ1n) is 6.46. The maximum Gasteiger partial charge on any atom is 0.239 e. The van der Waals surface area contributed by atoms with E-state index in [1.807, 2.05) is 6.92 Å². The molecule has 0 radical (unpaired) electrons. The highest BCUT2D eigenvalue weighted by Crippen LogP contribution is 2.28. The molecular weight excluding hydrogens is 283 g/mol. The summed E-state index contributed by atoms with van der Waals surface area (Å²) in [6, 6.07) is 3.75. The second kappa shape index (κ2) is 7.61. The second-order valence-corrected chi connectivity index (χ2v) is 5.33. The molecule has 0 atom stereocenters. The first kappa shape index (κ1) is 16.1. The Morgan fingerprint density at radius 2 is 1.84 bits per heavy atom. The van der Waals surface area contributed by atoms with Crippen LogP contribution in [0.3, 0.4) is 0 Å². The van der Waals surface area contributed by atoms with Gasteiger partial charge in [-0.1, -0.05) is 37.0 Å².